The van der Waals surface area contributed by atoms with Gasteiger partial charge in [-0.3, -0.25) is 0 Å². The van der Waals surface area contributed by atoms with Crippen molar-refractivity contribution in [3.8, 4) is 0 Å². The van der Waals surface area contributed by atoms with E-state index in [4.69, 9.17) is 11.6 Å². The zero-order valence-electron chi connectivity index (χ0n) is 11.8. The zero-order valence-corrected chi connectivity index (χ0v) is 12.6. The van der Waals surface area contributed by atoms with Crippen LogP contribution >= 0.6 is 11.6 Å². The summed E-state index contributed by atoms with van der Waals surface area (Å²) in [7, 11) is 0. The van der Waals surface area contributed by atoms with Gasteiger partial charge < -0.3 is 5.32 Å². The lowest BCUT2D eigenvalue weighted by Gasteiger charge is -2.13. The highest BCUT2D eigenvalue weighted by atomic mass is 35.5. The van der Waals surface area contributed by atoms with Crippen LogP contribution in [0.25, 0.3) is 5.78 Å². The Kier molecular flexibility index (Phi) is 2.40. The molecule has 2 aromatic rings. The Balaban J connectivity index is 2.07. The van der Waals surface area contributed by atoms with Crippen molar-refractivity contribution < 1.29 is 0 Å². The van der Waals surface area contributed by atoms with Gasteiger partial charge in [0, 0.05) is 11.6 Å². The van der Waals surface area contributed by atoms with Crippen LogP contribution in [0.1, 0.15) is 33.3 Å². The quantitative estimate of drug-likeness (QED) is 0.859. The van der Waals surface area contributed by atoms with Gasteiger partial charge in [-0.25, -0.2) is 0 Å². The molecule has 1 N–H and O–H groups in total. The van der Waals surface area contributed by atoms with E-state index in [9.17, 15) is 0 Å². The Hall–Kier alpha value is -1.36. The van der Waals surface area contributed by atoms with Crippen LogP contribution in [0.2, 0.25) is 5.15 Å². The Morgan fingerprint density at radius 2 is 1.89 bits per heavy atom. The molecule has 1 aliphatic carbocycles. The Bertz CT molecular complexity index is 644. The molecule has 0 amide bonds. The highest BCUT2D eigenvalue weighted by molar-refractivity contribution is 6.30. The number of aromatic nitrogens is 4. The molecule has 0 atom stereocenters. The Morgan fingerprint density at radius 3 is 2.47 bits per heavy atom. The molecule has 0 aliphatic heterocycles. The van der Waals surface area contributed by atoms with Gasteiger partial charge in [0.15, 0.2) is 0 Å². The predicted octanol–water partition coefficient (Wildman–Crippen LogP) is 2.93. The van der Waals surface area contributed by atoms with Gasteiger partial charge in [0.05, 0.1) is 0 Å². The maximum atomic E-state index is 6.16. The molecule has 2 aromatic heterocycles. The molecule has 19 heavy (non-hydrogen) atoms. The molecule has 3 rings (SSSR count). The second-order valence-electron chi connectivity index (χ2n) is 6.37. The molecule has 1 fully saturated rings. The lowest BCUT2D eigenvalue weighted by atomic mass is 10.0. The van der Waals surface area contributed by atoms with Crippen molar-refractivity contribution >= 4 is 23.2 Å². The number of anilines is 1. The van der Waals surface area contributed by atoms with Crippen molar-refractivity contribution in [3.63, 3.8) is 0 Å². The molecule has 1 saturated carbocycles. The summed E-state index contributed by atoms with van der Waals surface area (Å²) in [5, 5.41) is 8.26. The third-order valence-corrected chi connectivity index (χ3v) is 5.27. The van der Waals surface area contributed by atoms with Gasteiger partial charge in [0.25, 0.3) is 5.78 Å². The molecular formula is C13H18ClN5. The van der Waals surface area contributed by atoms with Crippen molar-refractivity contribution in [2.24, 2.45) is 10.8 Å². The number of halogens is 1. The van der Waals surface area contributed by atoms with E-state index in [1.54, 1.807) is 4.52 Å². The second kappa shape index (κ2) is 3.60. The summed E-state index contributed by atoms with van der Waals surface area (Å²) >= 11 is 6.16. The summed E-state index contributed by atoms with van der Waals surface area (Å²) in [5.74, 6) is 1.41. The van der Waals surface area contributed by atoms with Crippen LogP contribution in [0, 0.1) is 17.8 Å². The second-order valence-corrected chi connectivity index (χ2v) is 6.73. The van der Waals surface area contributed by atoms with Crippen LogP contribution in [0.4, 0.5) is 5.82 Å². The van der Waals surface area contributed by atoms with Crippen molar-refractivity contribution in [1.29, 1.82) is 0 Å². The third-order valence-electron chi connectivity index (χ3n) is 4.91. The molecule has 5 nitrogen and oxygen atoms in total. The van der Waals surface area contributed by atoms with Gasteiger partial charge in [-0.05, 0) is 17.8 Å². The summed E-state index contributed by atoms with van der Waals surface area (Å²) in [6.45, 7) is 11.0. The van der Waals surface area contributed by atoms with Crippen LogP contribution in [-0.4, -0.2) is 25.6 Å². The minimum Gasteiger partial charge on any atom is -0.366 e. The van der Waals surface area contributed by atoms with Gasteiger partial charge in [-0.2, -0.15) is 19.6 Å². The van der Waals surface area contributed by atoms with Crippen molar-refractivity contribution in [3.05, 3.63) is 17.0 Å². The van der Waals surface area contributed by atoms with Crippen LogP contribution in [-0.2, 0) is 0 Å². The first-order valence-electron chi connectivity index (χ1n) is 6.39. The Labute approximate surface area is 117 Å². The topological polar surface area (TPSA) is 55.1 Å². The molecule has 6 heteroatoms. The number of fused-ring (bicyclic) bond motifs is 1. The van der Waals surface area contributed by atoms with Crippen LogP contribution in [0.3, 0.4) is 0 Å². The van der Waals surface area contributed by atoms with Crippen molar-refractivity contribution in [2.45, 2.75) is 40.7 Å². The molecule has 0 spiro atoms. The molecule has 2 heterocycles. The van der Waals surface area contributed by atoms with Gasteiger partial charge in [0.1, 0.15) is 17.3 Å². The predicted molar refractivity (Wildman–Crippen MR) is 75.5 cm³/mol. The smallest absolute Gasteiger partial charge is 0.255 e. The van der Waals surface area contributed by atoms with Crippen LogP contribution in [0.15, 0.2) is 6.33 Å². The fourth-order valence-corrected chi connectivity index (χ4v) is 2.93. The highest BCUT2D eigenvalue weighted by Gasteiger charge is 2.65. The SMILES string of the molecule is Cc1c(Cl)nc2ncnn2c1NC1C(C)(C)C1(C)C. The molecule has 0 unspecified atom stereocenters. The molecule has 0 radical (unpaired) electrons. The molecule has 1 aliphatic rings. The number of rotatable bonds is 2. The van der Waals surface area contributed by atoms with Crippen LogP contribution in [0.5, 0.6) is 0 Å². The first-order chi connectivity index (χ1) is 8.76. The van der Waals surface area contributed by atoms with Gasteiger partial charge in [-0.15, -0.1) is 0 Å². The van der Waals surface area contributed by atoms with Crippen LogP contribution < -0.4 is 5.32 Å². The fourth-order valence-electron chi connectivity index (χ4n) is 2.76. The minimum atomic E-state index is 0.238. The molecule has 0 bridgehead atoms. The first-order valence-corrected chi connectivity index (χ1v) is 6.77. The lowest BCUT2D eigenvalue weighted by molar-refractivity contribution is 0.457. The number of hydrogen-bond acceptors (Lipinski definition) is 4. The van der Waals surface area contributed by atoms with E-state index in [0.29, 0.717) is 17.0 Å². The van der Waals surface area contributed by atoms with E-state index >= 15 is 0 Å². The van der Waals surface area contributed by atoms with E-state index in [-0.39, 0.29) is 10.8 Å². The zero-order chi connectivity index (χ0) is 14.0. The average molecular weight is 280 g/mol. The standard InChI is InChI=1S/C13H18ClN5/c1-7-8(14)17-11-15-6-16-19(11)9(7)18-10-12(2,3)13(10,4)5/h6,10,18H,1-5H3. The van der Waals surface area contributed by atoms with Gasteiger partial charge in [-0.1, -0.05) is 39.3 Å². The summed E-state index contributed by atoms with van der Waals surface area (Å²) in [5.41, 5.74) is 1.38. The molecular weight excluding hydrogens is 262 g/mol. The minimum absolute atomic E-state index is 0.238. The number of hydrogen-bond donors (Lipinski definition) is 1. The summed E-state index contributed by atoms with van der Waals surface area (Å²) in [6, 6.07) is 0.379. The van der Waals surface area contributed by atoms with Crippen molar-refractivity contribution in [1.82, 2.24) is 19.6 Å². The maximum absolute atomic E-state index is 6.16. The molecule has 0 aromatic carbocycles. The monoisotopic (exact) mass is 279 g/mol. The summed E-state index contributed by atoms with van der Waals surface area (Å²) in [6.07, 6.45) is 1.49. The van der Waals surface area contributed by atoms with Gasteiger partial charge in [0.2, 0.25) is 0 Å². The highest BCUT2D eigenvalue weighted by Crippen LogP contribution is 2.63. The maximum Gasteiger partial charge on any atom is 0.255 e. The van der Waals surface area contributed by atoms with Gasteiger partial charge >= 0.3 is 0 Å². The third kappa shape index (κ3) is 1.57. The fraction of sp³-hybridized carbons (Fsp3) is 0.615. The largest absolute Gasteiger partial charge is 0.366 e. The normalized spacial score (nSPS) is 20.7. The Morgan fingerprint density at radius 1 is 1.26 bits per heavy atom. The van der Waals surface area contributed by atoms with E-state index in [0.717, 1.165) is 11.4 Å². The van der Waals surface area contributed by atoms with Crippen molar-refractivity contribution in [2.75, 3.05) is 5.32 Å². The van der Waals surface area contributed by atoms with E-state index in [1.165, 1.54) is 6.33 Å². The number of nitrogens with one attached hydrogen (secondary N) is 1. The molecule has 102 valence electrons. The summed E-state index contributed by atoms with van der Waals surface area (Å²) in [4.78, 5) is 8.31. The van der Waals surface area contributed by atoms with E-state index < -0.39 is 0 Å². The number of nitrogens with zero attached hydrogens (tertiary/aromatic N) is 4. The average Bonchev–Trinajstić information content (AvgIpc) is 2.71. The first kappa shape index (κ1) is 12.7. The molecule has 0 saturated heterocycles. The summed E-state index contributed by atoms with van der Waals surface area (Å²) < 4.78 is 1.71. The van der Waals surface area contributed by atoms with E-state index in [1.807, 2.05) is 6.92 Å². The van der Waals surface area contributed by atoms with E-state index in [2.05, 4.69) is 48.1 Å². The lowest BCUT2D eigenvalue weighted by Crippen LogP contribution is -2.15.